The van der Waals surface area contributed by atoms with E-state index in [0.29, 0.717) is 12.6 Å². The predicted octanol–water partition coefficient (Wildman–Crippen LogP) is 3.84. The van der Waals surface area contributed by atoms with E-state index in [1.807, 2.05) is 25.3 Å². The molecule has 3 nitrogen and oxygen atoms in total. The van der Waals surface area contributed by atoms with Gasteiger partial charge in [-0.15, -0.1) is 0 Å². The molecule has 0 amide bonds. The molecule has 1 heterocycles. The molecule has 1 aromatic carbocycles. The molecule has 1 aliphatic rings. The van der Waals surface area contributed by atoms with Crippen molar-refractivity contribution in [2.24, 2.45) is 0 Å². The molecule has 1 saturated carbocycles. The lowest BCUT2D eigenvalue weighted by Crippen LogP contribution is -2.25. The zero-order valence-corrected chi connectivity index (χ0v) is 11.9. The minimum Gasteiger partial charge on any atom is -0.494 e. The van der Waals surface area contributed by atoms with Crippen LogP contribution in [0.25, 0.3) is 0 Å². The molecule has 0 radical (unpaired) electrons. The van der Waals surface area contributed by atoms with Crippen LogP contribution < -0.4 is 4.74 Å². The van der Waals surface area contributed by atoms with Crippen molar-refractivity contribution in [3.8, 4) is 5.75 Å². The third-order valence-electron chi connectivity index (χ3n) is 3.67. The molecule has 2 aromatic rings. The van der Waals surface area contributed by atoms with Crippen LogP contribution in [0.4, 0.5) is 0 Å². The summed E-state index contributed by atoms with van der Waals surface area (Å²) in [5.41, 5.74) is 2.51. The monoisotopic (exact) mass is 271 g/mol. The van der Waals surface area contributed by atoms with Crippen LogP contribution in [0.2, 0.25) is 0 Å². The van der Waals surface area contributed by atoms with Crippen LogP contribution in [0, 0.1) is 0 Å². The van der Waals surface area contributed by atoms with E-state index in [0.717, 1.165) is 18.8 Å². The van der Waals surface area contributed by atoms with E-state index < -0.39 is 0 Å². The average Bonchev–Trinajstić information content (AvgIpc) is 3.19. The molecule has 3 rings (SSSR count). The van der Waals surface area contributed by atoms with E-state index in [9.17, 15) is 0 Å². The fraction of sp³-hybridized carbons (Fsp3) is 0.412. The van der Waals surface area contributed by atoms with Gasteiger partial charge in [0.15, 0.2) is 0 Å². The Morgan fingerprint density at radius 3 is 2.75 bits per heavy atom. The van der Waals surface area contributed by atoms with Crippen LogP contribution in [0.3, 0.4) is 0 Å². The highest BCUT2D eigenvalue weighted by molar-refractivity contribution is 5.33. The number of ether oxygens (including phenoxy) is 1. The standard InChI is InChI=1S/C17H21NO2/c1-2-20-17-6-4-3-5-15(17)12-18(16-7-8-16)11-14-9-10-19-13-14/h3-6,9-10,13,16H,2,7-8,11-12H2,1H3. The summed E-state index contributed by atoms with van der Waals surface area (Å²) in [6.45, 7) is 4.62. The average molecular weight is 271 g/mol. The van der Waals surface area contributed by atoms with Crippen LogP contribution in [0.5, 0.6) is 5.75 Å². The molecule has 1 aliphatic carbocycles. The summed E-state index contributed by atoms with van der Waals surface area (Å²) in [5.74, 6) is 1.01. The quantitative estimate of drug-likeness (QED) is 0.765. The molecule has 3 heteroatoms. The van der Waals surface area contributed by atoms with E-state index in [1.165, 1.54) is 24.0 Å². The van der Waals surface area contributed by atoms with E-state index in [-0.39, 0.29) is 0 Å². The highest BCUT2D eigenvalue weighted by Crippen LogP contribution is 2.31. The molecule has 0 bridgehead atoms. The van der Waals surface area contributed by atoms with Gasteiger partial charge in [-0.3, -0.25) is 4.90 Å². The van der Waals surface area contributed by atoms with Crippen molar-refractivity contribution < 1.29 is 9.15 Å². The molecule has 0 N–H and O–H groups in total. The number of furan rings is 1. The number of benzene rings is 1. The fourth-order valence-corrected chi connectivity index (χ4v) is 2.52. The maximum atomic E-state index is 5.73. The van der Waals surface area contributed by atoms with Crippen molar-refractivity contribution in [1.82, 2.24) is 4.90 Å². The SMILES string of the molecule is CCOc1ccccc1CN(Cc1ccoc1)C1CC1. The zero-order chi connectivity index (χ0) is 13.8. The summed E-state index contributed by atoms with van der Waals surface area (Å²) in [4.78, 5) is 2.52. The topological polar surface area (TPSA) is 25.6 Å². The molecular formula is C17H21NO2. The summed E-state index contributed by atoms with van der Waals surface area (Å²) in [5, 5.41) is 0. The Morgan fingerprint density at radius 1 is 1.20 bits per heavy atom. The maximum Gasteiger partial charge on any atom is 0.123 e. The first kappa shape index (κ1) is 13.3. The molecule has 0 aliphatic heterocycles. The molecule has 0 atom stereocenters. The molecule has 0 unspecified atom stereocenters. The molecule has 106 valence electrons. The first-order valence-corrected chi connectivity index (χ1v) is 7.32. The van der Waals surface area contributed by atoms with Gasteiger partial charge in [-0.1, -0.05) is 18.2 Å². The summed E-state index contributed by atoms with van der Waals surface area (Å²) in [6.07, 6.45) is 6.18. The van der Waals surface area contributed by atoms with Crippen LogP contribution in [-0.2, 0) is 13.1 Å². The van der Waals surface area contributed by atoms with Gasteiger partial charge in [0.25, 0.3) is 0 Å². The van der Waals surface area contributed by atoms with Crippen LogP contribution >= 0.6 is 0 Å². The fourth-order valence-electron chi connectivity index (χ4n) is 2.52. The Bertz CT molecular complexity index is 532. The Kier molecular flexibility index (Phi) is 4.07. The normalized spacial score (nSPS) is 14.7. The Morgan fingerprint density at radius 2 is 2.05 bits per heavy atom. The molecule has 20 heavy (non-hydrogen) atoms. The second kappa shape index (κ2) is 6.14. The maximum absolute atomic E-state index is 5.73. The van der Waals surface area contributed by atoms with Gasteiger partial charge in [-0.25, -0.2) is 0 Å². The highest BCUT2D eigenvalue weighted by Gasteiger charge is 2.29. The Hall–Kier alpha value is -1.74. The van der Waals surface area contributed by atoms with Crippen LogP contribution in [0.15, 0.2) is 47.3 Å². The number of nitrogens with zero attached hydrogens (tertiary/aromatic N) is 1. The molecule has 1 fully saturated rings. The van der Waals surface area contributed by atoms with Crippen molar-refractivity contribution in [3.05, 3.63) is 54.0 Å². The lowest BCUT2D eigenvalue weighted by Gasteiger charge is -2.22. The third kappa shape index (κ3) is 3.23. The third-order valence-corrected chi connectivity index (χ3v) is 3.67. The first-order valence-electron chi connectivity index (χ1n) is 7.32. The van der Waals surface area contributed by atoms with Gasteiger partial charge in [0.05, 0.1) is 19.1 Å². The second-order valence-corrected chi connectivity index (χ2v) is 5.31. The Labute approximate surface area is 120 Å². The molecular weight excluding hydrogens is 250 g/mol. The van der Waals surface area contributed by atoms with Gasteiger partial charge in [0.1, 0.15) is 5.75 Å². The second-order valence-electron chi connectivity index (χ2n) is 5.31. The minimum atomic E-state index is 0.708. The van der Waals surface area contributed by atoms with Crippen molar-refractivity contribution >= 4 is 0 Å². The first-order chi connectivity index (χ1) is 9.86. The van der Waals surface area contributed by atoms with Gasteiger partial charge in [0.2, 0.25) is 0 Å². The summed E-state index contributed by atoms with van der Waals surface area (Å²) < 4.78 is 10.9. The lowest BCUT2D eigenvalue weighted by molar-refractivity contribution is 0.238. The largest absolute Gasteiger partial charge is 0.494 e. The smallest absolute Gasteiger partial charge is 0.123 e. The van der Waals surface area contributed by atoms with Crippen molar-refractivity contribution in [1.29, 1.82) is 0 Å². The minimum absolute atomic E-state index is 0.708. The summed E-state index contributed by atoms with van der Waals surface area (Å²) in [7, 11) is 0. The van der Waals surface area contributed by atoms with E-state index in [2.05, 4.69) is 23.1 Å². The van der Waals surface area contributed by atoms with Crippen LogP contribution in [0.1, 0.15) is 30.9 Å². The lowest BCUT2D eigenvalue weighted by atomic mass is 10.1. The summed E-state index contributed by atoms with van der Waals surface area (Å²) >= 11 is 0. The van der Waals surface area contributed by atoms with Crippen molar-refractivity contribution in [2.75, 3.05) is 6.61 Å². The zero-order valence-electron chi connectivity index (χ0n) is 11.9. The number of para-hydroxylation sites is 1. The molecule has 0 spiro atoms. The Balaban J connectivity index is 1.73. The number of hydrogen-bond acceptors (Lipinski definition) is 3. The van der Waals surface area contributed by atoms with E-state index >= 15 is 0 Å². The van der Waals surface area contributed by atoms with Crippen molar-refractivity contribution in [2.45, 2.75) is 38.9 Å². The molecule has 1 aromatic heterocycles. The van der Waals surface area contributed by atoms with Crippen molar-refractivity contribution in [3.63, 3.8) is 0 Å². The van der Waals surface area contributed by atoms with E-state index in [4.69, 9.17) is 9.15 Å². The van der Waals surface area contributed by atoms with Gasteiger partial charge in [0, 0.05) is 30.3 Å². The number of hydrogen-bond donors (Lipinski definition) is 0. The van der Waals surface area contributed by atoms with Gasteiger partial charge >= 0.3 is 0 Å². The van der Waals surface area contributed by atoms with Gasteiger partial charge < -0.3 is 9.15 Å². The number of rotatable bonds is 7. The summed E-state index contributed by atoms with van der Waals surface area (Å²) in [6, 6.07) is 11.1. The van der Waals surface area contributed by atoms with Gasteiger partial charge in [-0.05, 0) is 31.9 Å². The van der Waals surface area contributed by atoms with Crippen LogP contribution in [-0.4, -0.2) is 17.5 Å². The predicted molar refractivity (Wildman–Crippen MR) is 78.6 cm³/mol. The van der Waals surface area contributed by atoms with Gasteiger partial charge in [-0.2, -0.15) is 0 Å². The highest BCUT2D eigenvalue weighted by atomic mass is 16.5. The van der Waals surface area contributed by atoms with E-state index in [1.54, 1.807) is 6.26 Å². The molecule has 0 saturated heterocycles.